The fourth-order valence-electron chi connectivity index (χ4n) is 1.52. The number of carbonyl (C=O) groups is 2. The molecule has 1 rings (SSSR count). The molecule has 6 nitrogen and oxygen atoms in total. The molecule has 0 aliphatic heterocycles. The quantitative estimate of drug-likeness (QED) is 0.778. The molecule has 1 amide bonds. The first kappa shape index (κ1) is 17.6. The second-order valence-corrected chi connectivity index (χ2v) is 8.12. The first-order valence-electron chi connectivity index (χ1n) is 6.01. The lowest BCUT2D eigenvalue weighted by Crippen LogP contribution is -2.51. The maximum atomic E-state index is 11.9. The number of hydrogen-bond donors (Lipinski definition) is 2. The zero-order valence-corrected chi connectivity index (χ0v) is 14.0. The van der Waals surface area contributed by atoms with Crippen LogP contribution in [0.1, 0.15) is 19.4 Å². The van der Waals surface area contributed by atoms with E-state index in [1.165, 1.54) is 13.8 Å². The summed E-state index contributed by atoms with van der Waals surface area (Å²) in [6.45, 7) is 2.57. The van der Waals surface area contributed by atoms with Gasteiger partial charge >= 0.3 is 5.97 Å². The van der Waals surface area contributed by atoms with E-state index in [0.29, 0.717) is 5.56 Å². The van der Waals surface area contributed by atoms with Crippen molar-refractivity contribution in [3.8, 4) is 0 Å². The standard InChI is InChI=1S/C13H16BrNO5S/c1-13(2,12(17)18)15-11(16)8-21(19,20)7-9-3-5-10(14)6-4-9/h3-6H,7-8H2,1-2H3,(H,15,16)(H,17,18). The van der Waals surface area contributed by atoms with E-state index in [1.54, 1.807) is 24.3 Å². The molecule has 0 spiro atoms. The Morgan fingerprint density at radius 1 is 1.24 bits per heavy atom. The molecule has 1 aromatic carbocycles. The molecule has 21 heavy (non-hydrogen) atoms. The van der Waals surface area contributed by atoms with Crippen LogP contribution < -0.4 is 5.32 Å². The highest BCUT2D eigenvalue weighted by Gasteiger charge is 2.30. The van der Waals surface area contributed by atoms with Crippen molar-refractivity contribution in [3.05, 3.63) is 34.3 Å². The van der Waals surface area contributed by atoms with E-state index >= 15 is 0 Å². The molecule has 0 aliphatic rings. The Labute approximate surface area is 131 Å². The maximum absolute atomic E-state index is 11.9. The lowest BCUT2D eigenvalue weighted by atomic mass is 10.1. The van der Waals surface area contributed by atoms with E-state index in [1.807, 2.05) is 0 Å². The van der Waals surface area contributed by atoms with Gasteiger partial charge in [-0.1, -0.05) is 28.1 Å². The van der Waals surface area contributed by atoms with Crippen LogP contribution in [0.2, 0.25) is 0 Å². The summed E-state index contributed by atoms with van der Waals surface area (Å²) < 4.78 is 24.7. The van der Waals surface area contributed by atoms with Crippen LogP contribution in [0.3, 0.4) is 0 Å². The average molecular weight is 378 g/mol. The van der Waals surface area contributed by atoms with Gasteiger partial charge in [-0.2, -0.15) is 0 Å². The molecule has 8 heteroatoms. The largest absolute Gasteiger partial charge is 0.480 e. The van der Waals surface area contributed by atoms with Crippen molar-refractivity contribution < 1.29 is 23.1 Å². The number of carbonyl (C=O) groups excluding carboxylic acids is 1. The predicted molar refractivity (Wildman–Crippen MR) is 81.5 cm³/mol. The van der Waals surface area contributed by atoms with Gasteiger partial charge in [-0.15, -0.1) is 0 Å². The summed E-state index contributed by atoms with van der Waals surface area (Å²) in [6.07, 6.45) is 0. The molecule has 0 atom stereocenters. The Morgan fingerprint density at radius 2 is 1.76 bits per heavy atom. The number of nitrogens with one attached hydrogen (secondary N) is 1. The molecule has 0 saturated heterocycles. The number of amides is 1. The van der Waals surface area contributed by atoms with Crippen LogP contribution in [0.15, 0.2) is 28.7 Å². The van der Waals surface area contributed by atoms with Crippen molar-refractivity contribution in [1.82, 2.24) is 5.32 Å². The van der Waals surface area contributed by atoms with Gasteiger partial charge in [0.1, 0.15) is 11.3 Å². The van der Waals surface area contributed by atoms with E-state index in [2.05, 4.69) is 21.2 Å². The summed E-state index contributed by atoms with van der Waals surface area (Å²) in [5, 5.41) is 11.1. The lowest BCUT2D eigenvalue weighted by molar-refractivity contribution is -0.145. The molecule has 0 unspecified atom stereocenters. The van der Waals surface area contributed by atoms with Crippen LogP contribution in [0.5, 0.6) is 0 Å². The molecule has 0 aromatic heterocycles. The number of halogens is 1. The summed E-state index contributed by atoms with van der Waals surface area (Å²) in [5.41, 5.74) is -0.951. The smallest absolute Gasteiger partial charge is 0.328 e. The molecular formula is C13H16BrNO5S. The summed E-state index contributed by atoms with van der Waals surface area (Å²) in [5.74, 6) is -3.10. The molecule has 1 aromatic rings. The topological polar surface area (TPSA) is 101 Å². The number of sulfone groups is 1. The fraction of sp³-hybridized carbons (Fsp3) is 0.385. The van der Waals surface area contributed by atoms with Gasteiger partial charge in [0.15, 0.2) is 9.84 Å². The number of hydrogen-bond acceptors (Lipinski definition) is 4. The highest BCUT2D eigenvalue weighted by Crippen LogP contribution is 2.13. The second kappa shape index (κ2) is 6.57. The Morgan fingerprint density at radius 3 is 2.24 bits per heavy atom. The molecule has 116 valence electrons. The Kier molecular flexibility index (Phi) is 5.52. The number of benzene rings is 1. The molecule has 0 fully saturated rings. The van der Waals surface area contributed by atoms with E-state index in [9.17, 15) is 18.0 Å². The monoisotopic (exact) mass is 377 g/mol. The van der Waals surface area contributed by atoms with Gasteiger partial charge in [-0.25, -0.2) is 13.2 Å². The van der Waals surface area contributed by atoms with Crippen LogP contribution in [0, 0.1) is 0 Å². The van der Waals surface area contributed by atoms with Gasteiger partial charge < -0.3 is 10.4 Å². The van der Waals surface area contributed by atoms with Crippen molar-refractivity contribution >= 4 is 37.6 Å². The molecule has 0 saturated carbocycles. The van der Waals surface area contributed by atoms with Crippen LogP contribution in [-0.4, -0.2) is 36.7 Å². The summed E-state index contributed by atoms with van der Waals surface area (Å²) in [6, 6.07) is 6.69. The van der Waals surface area contributed by atoms with Gasteiger partial charge in [0.2, 0.25) is 5.91 Å². The second-order valence-electron chi connectivity index (χ2n) is 5.14. The van der Waals surface area contributed by atoms with E-state index in [4.69, 9.17) is 5.11 Å². The SMILES string of the molecule is CC(C)(NC(=O)CS(=O)(=O)Cc1ccc(Br)cc1)C(=O)O. The Hall–Kier alpha value is -1.41. The molecular weight excluding hydrogens is 362 g/mol. The first-order chi connectivity index (χ1) is 9.52. The Bertz CT molecular complexity index is 637. The summed E-state index contributed by atoms with van der Waals surface area (Å²) in [4.78, 5) is 22.5. The third-order valence-electron chi connectivity index (χ3n) is 2.64. The zero-order chi connectivity index (χ0) is 16.3. The van der Waals surface area contributed by atoms with Crippen LogP contribution in [0.25, 0.3) is 0 Å². The third kappa shape index (κ3) is 5.84. The zero-order valence-electron chi connectivity index (χ0n) is 11.6. The van der Waals surface area contributed by atoms with Gasteiger partial charge in [0, 0.05) is 4.47 Å². The van der Waals surface area contributed by atoms with Crippen LogP contribution >= 0.6 is 15.9 Å². The molecule has 0 bridgehead atoms. The first-order valence-corrected chi connectivity index (χ1v) is 8.62. The van der Waals surface area contributed by atoms with Crippen molar-refractivity contribution in [2.75, 3.05) is 5.75 Å². The van der Waals surface area contributed by atoms with E-state index < -0.39 is 33.0 Å². The minimum Gasteiger partial charge on any atom is -0.480 e. The minimum atomic E-state index is -3.67. The Balaban J connectivity index is 2.70. The van der Waals surface area contributed by atoms with Gasteiger partial charge in [-0.3, -0.25) is 4.79 Å². The minimum absolute atomic E-state index is 0.277. The molecule has 2 N–H and O–H groups in total. The van der Waals surface area contributed by atoms with Gasteiger partial charge in [0.25, 0.3) is 0 Å². The highest BCUT2D eigenvalue weighted by atomic mass is 79.9. The molecule has 0 heterocycles. The molecule has 0 aliphatic carbocycles. The van der Waals surface area contributed by atoms with Crippen LogP contribution in [0.4, 0.5) is 0 Å². The van der Waals surface area contributed by atoms with Crippen molar-refractivity contribution in [1.29, 1.82) is 0 Å². The van der Waals surface area contributed by atoms with E-state index in [-0.39, 0.29) is 5.75 Å². The van der Waals surface area contributed by atoms with Crippen molar-refractivity contribution in [3.63, 3.8) is 0 Å². The third-order valence-corrected chi connectivity index (χ3v) is 4.64. The van der Waals surface area contributed by atoms with Gasteiger partial charge in [-0.05, 0) is 31.5 Å². The predicted octanol–water partition coefficient (Wildman–Crippen LogP) is 1.34. The normalized spacial score (nSPS) is 12.0. The number of rotatable bonds is 6. The summed E-state index contributed by atoms with van der Waals surface area (Å²) >= 11 is 3.24. The fourth-order valence-corrected chi connectivity index (χ4v) is 3.06. The number of carboxylic acids is 1. The maximum Gasteiger partial charge on any atom is 0.328 e. The molecule has 0 radical (unpaired) electrons. The van der Waals surface area contributed by atoms with Gasteiger partial charge in [0.05, 0.1) is 5.75 Å². The van der Waals surface area contributed by atoms with E-state index in [0.717, 1.165) is 4.47 Å². The van der Waals surface area contributed by atoms with Crippen molar-refractivity contribution in [2.24, 2.45) is 0 Å². The van der Waals surface area contributed by atoms with Crippen LogP contribution in [-0.2, 0) is 25.2 Å². The average Bonchev–Trinajstić information content (AvgIpc) is 2.29. The summed E-state index contributed by atoms with van der Waals surface area (Å²) in [7, 11) is -3.67. The number of aliphatic carboxylic acids is 1. The van der Waals surface area contributed by atoms with Crippen molar-refractivity contribution in [2.45, 2.75) is 25.1 Å². The number of carboxylic acid groups (broad SMARTS) is 1. The highest BCUT2D eigenvalue weighted by molar-refractivity contribution is 9.10. The lowest BCUT2D eigenvalue weighted by Gasteiger charge is -2.20.